The number of piperidine rings is 1. The number of hydrogen-bond acceptors (Lipinski definition) is 3. The van der Waals surface area contributed by atoms with Crippen LogP contribution in [-0.2, 0) is 14.8 Å². The molecule has 0 radical (unpaired) electrons. The van der Waals surface area contributed by atoms with Crippen LogP contribution in [0.15, 0.2) is 53.4 Å². The number of rotatable bonds is 4. The second-order valence-corrected chi connectivity index (χ2v) is 8.40. The third-order valence-electron chi connectivity index (χ3n) is 4.62. The summed E-state index contributed by atoms with van der Waals surface area (Å²) in [5.74, 6) is -1.10. The molecule has 1 fully saturated rings. The molecule has 7 heteroatoms. The molecule has 1 aliphatic heterocycles. The molecule has 1 N–H and O–H groups in total. The molecule has 0 bridgehead atoms. The molecule has 0 aromatic heterocycles. The Bertz CT molecular complexity index is 889. The maximum atomic E-state index is 13.6. The number of anilines is 1. The summed E-state index contributed by atoms with van der Waals surface area (Å²) < 4.78 is 40.4. The van der Waals surface area contributed by atoms with Gasteiger partial charge < -0.3 is 5.32 Å². The summed E-state index contributed by atoms with van der Waals surface area (Å²) in [5.41, 5.74) is 1.14. The summed E-state index contributed by atoms with van der Waals surface area (Å²) in [4.78, 5) is 12.6. The van der Waals surface area contributed by atoms with Crippen molar-refractivity contribution in [2.45, 2.75) is 24.7 Å². The lowest BCUT2D eigenvalue weighted by molar-refractivity contribution is -0.120. The van der Waals surface area contributed by atoms with Gasteiger partial charge >= 0.3 is 0 Å². The van der Waals surface area contributed by atoms with Gasteiger partial charge in [-0.1, -0.05) is 29.8 Å². The smallest absolute Gasteiger partial charge is 0.243 e. The maximum Gasteiger partial charge on any atom is 0.243 e. The summed E-state index contributed by atoms with van der Waals surface area (Å²) >= 11 is 0. The van der Waals surface area contributed by atoms with E-state index >= 15 is 0 Å². The van der Waals surface area contributed by atoms with Gasteiger partial charge in [0.15, 0.2) is 0 Å². The van der Waals surface area contributed by atoms with Gasteiger partial charge in [-0.2, -0.15) is 4.31 Å². The van der Waals surface area contributed by atoms with Crippen molar-refractivity contribution in [3.05, 3.63) is 59.9 Å². The van der Waals surface area contributed by atoms with Crippen LogP contribution in [0.4, 0.5) is 10.1 Å². The number of nitrogens with one attached hydrogen (secondary N) is 1. The lowest BCUT2D eigenvalue weighted by atomic mass is 9.97. The minimum atomic E-state index is -3.55. The minimum absolute atomic E-state index is 0.146. The van der Waals surface area contributed by atoms with E-state index in [0.717, 1.165) is 5.56 Å². The second-order valence-electron chi connectivity index (χ2n) is 6.46. The molecule has 0 atom stereocenters. The zero-order chi connectivity index (χ0) is 18.7. The second kappa shape index (κ2) is 7.55. The molecule has 26 heavy (non-hydrogen) atoms. The van der Waals surface area contributed by atoms with Crippen molar-refractivity contribution in [1.29, 1.82) is 0 Å². The SMILES string of the molecule is Cc1ccc(S(=O)(=O)N2CCC(C(=O)Nc3ccccc3F)CC2)cc1. The fourth-order valence-electron chi connectivity index (χ4n) is 3.02. The number of carbonyl (C=O) groups is 1. The fourth-order valence-corrected chi connectivity index (χ4v) is 4.48. The van der Waals surface area contributed by atoms with Gasteiger partial charge in [-0.25, -0.2) is 12.8 Å². The van der Waals surface area contributed by atoms with Crippen LogP contribution < -0.4 is 5.32 Å². The Morgan fingerprint density at radius 1 is 1.08 bits per heavy atom. The Balaban J connectivity index is 1.62. The number of hydrogen-bond donors (Lipinski definition) is 1. The highest BCUT2D eigenvalue weighted by molar-refractivity contribution is 7.89. The number of aryl methyl sites for hydroxylation is 1. The van der Waals surface area contributed by atoms with E-state index in [1.54, 1.807) is 36.4 Å². The zero-order valence-electron chi connectivity index (χ0n) is 14.5. The first-order valence-electron chi connectivity index (χ1n) is 8.50. The van der Waals surface area contributed by atoms with Gasteiger partial charge in [0.25, 0.3) is 0 Å². The topological polar surface area (TPSA) is 66.5 Å². The van der Waals surface area contributed by atoms with Crippen LogP contribution in [0.5, 0.6) is 0 Å². The van der Waals surface area contributed by atoms with Crippen LogP contribution in [0.3, 0.4) is 0 Å². The molecule has 1 amide bonds. The maximum absolute atomic E-state index is 13.6. The van der Waals surface area contributed by atoms with Gasteiger partial charge in [0, 0.05) is 19.0 Å². The molecule has 3 rings (SSSR count). The molecule has 138 valence electrons. The molecule has 0 unspecified atom stereocenters. The van der Waals surface area contributed by atoms with Crippen molar-refractivity contribution in [2.24, 2.45) is 5.92 Å². The number of amides is 1. The number of carbonyl (C=O) groups excluding carboxylic acids is 1. The summed E-state index contributed by atoms with van der Waals surface area (Å²) in [6.45, 7) is 2.44. The quantitative estimate of drug-likeness (QED) is 0.891. The van der Waals surface area contributed by atoms with Gasteiger partial charge in [0.1, 0.15) is 5.82 Å². The highest BCUT2D eigenvalue weighted by Crippen LogP contribution is 2.25. The van der Waals surface area contributed by atoms with Gasteiger partial charge in [-0.3, -0.25) is 4.79 Å². The largest absolute Gasteiger partial charge is 0.323 e. The first-order chi connectivity index (χ1) is 12.4. The molecule has 0 aliphatic carbocycles. The summed E-state index contributed by atoms with van der Waals surface area (Å²) in [5, 5.41) is 2.59. The number of benzene rings is 2. The molecule has 2 aromatic rings. The Kier molecular flexibility index (Phi) is 5.38. The van der Waals surface area contributed by atoms with E-state index in [1.807, 2.05) is 6.92 Å². The molecule has 1 aliphatic rings. The van der Waals surface area contributed by atoms with Gasteiger partial charge in [0.05, 0.1) is 10.6 Å². The normalized spacial score (nSPS) is 16.4. The van der Waals surface area contributed by atoms with Crippen molar-refractivity contribution in [1.82, 2.24) is 4.31 Å². The third-order valence-corrected chi connectivity index (χ3v) is 6.53. The lowest BCUT2D eigenvalue weighted by Gasteiger charge is -2.30. The number of nitrogens with zero attached hydrogens (tertiary/aromatic N) is 1. The van der Waals surface area contributed by atoms with Crippen LogP contribution in [0.25, 0.3) is 0 Å². The van der Waals surface area contributed by atoms with E-state index in [0.29, 0.717) is 12.8 Å². The van der Waals surface area contributed by atoms with Crippen LogP contribution in [0.1, 0.15) is 18.4 Å². The molecule has 2 aromatic carbocycles. The molecule has 1 heterocycles. The summed E-state index contributed by atoms with van der Waals surface area (Å²) in [7, 11) is -3.55. The average molecular weight is 376 g/mol. The van der Waals surface area contributed by atoms with Gasteiger partial charge in [-0.05, 0) is 44.0 Å². The first kappa shape index (κ1) is 18.5. The molecule has 5 nitrogen and oxygen atoms in total. The van der Waals surface area contributed by atoms with Crippen LogP contribution in [0.2, 0.25) is 0 Å². The van der Waals surface area contributed by atoms with E-state index in [-0.39, 0.29) is 35.5 Å². The Morgan fingerprint density at radius 2 is 1.69 bits per heavy atom. The lowest BCUT2D eigenvalue weighted by Crippen LogP contribution is -2.41. The van der Waals surface area contributed by atoms with Crippen molar-refractivity contribution >= 4 is 21.6 Å². The van der Waals surface area contributed by atoms with Crippen molar-refractivity contribution in [3.8, 4) is 0 Å². The number of halogens is 1. The molecule has 0 spiro atoms. The number of sulfonamides is 1. The number of para-hydroxylation sites is 1. The average Bonchev–Trinajstić information content (AvgIpc) is 2.64. The van der Waals surface area contributed by atoms with Gasteiger partial charge in [-0.15, -0.1) is 0 Å². The fraction of sp³-hybridized carbons (Fsp3) is 0.316. The predicted molar refractivity (Wildman–Crippen MR) is 97.7 cm³/mol. The standard InChI is InChI=1S/C19H21FN2O3S/c1-14-6-8-16(9-7-14)26(24,25)22-12-10-15(11-13-22)19(23)21-18-5-3-2-4-17(18)20/h2-9,15H,10-13H2,1H3,(H,21,23). The minimum Gasteiger partial charge on any atom is -0.323 e. The van der Waals surface area contributed by atoms with E-state index in [1.165, 1.54) is 16.4 Å². The summed E-state index contributed by atoms with van der Waals surface area (Å²) in [6, 6.07) is 12.7. The van der Waals surface area contributed by atoms with Crippen molar-refractivity contribution in [3.63, 3.8) is 0 Å². The molecule has 1 saturated heterocycles. The highest BCUT2D eigenvalue weighted by Gasteiger charge is 2.32. The third kappa shape index (κ3) is 3.94. The van der Waals surface area contributed by atoms with Crippen molar-refractivity contribution in [2.75, 3.05) is 18.4 Å². The Morgan fingerprint density at radius 3 is 2.31 bits per heavy atom. The predicted octanol–water partition coefficient (Wildman–Crippen LogP) is 3.17. The Labute approximate surface area is 152 Å². The first-order valence-corrected chi connectivity index (χ1v) is 9.94. The Hall–Kier alpha value is -2.25. The van der Waals surface area contributed by atoms with Gasteiger partial charge in [0.2, 0.25) is 15.9 Å². The van der Waals surface area contributed by atoms with Crippen LogP contribution >= 0.6 is 0 Å². The monoisotopic (exact) mass is 376 g/mol. The van der Waals surface area contributed by atoms with E-state index in [4.69, 9.17) is 0 Å². The van der Waals surface area contributed by atoms with E-state index in [9.17, 15) is 17.6 Å². The molecule has 0 saturated carbocycles. The zero-order valence-corrected chi connectivity index (χ0v) is 15.3. The van der Waals surface area contributed by atoms with Crippen molar-refractivity contribution < 1.29 is 17.6 Å². The van der Waals surface area contributed by atoms with Crippen LogP contribution in [-0.4, -0.2) is 31.7 Å². The van der Waals surface area contributed by atoms with E-state index in [2.05, 4.69) is 5.32 Å². The molecular formula is C19H21FN2O3S. The highest BCUT2D eigenvalue weighted by atomic mass is 32.2. The van der Waals surface area contributed by atoms with E-state index < -0.39 is 15.8 Å². The molecular weight excluding hydrogens is 355 g/mol. The summed E-state index contributed by atoms with van der Waals surface area (Å²) in [6.07, 6.45) is 0.816. The van der Waals surface area contributed by atoms with Crippen LogP contribution in [0, 0.1) is 18.7 Å².